The predicted molar refractivity (Wildman–Crippen MR) is 68.8 cm³/mol. The number of hydrogen-bond acceptors (Lipinski definition) is 4. The zero-order chi connectivity index (χ0) is 13.5. The maximum Gasteiger partial charge on any atom is 2.00 e. The molecule has 4 nitrogen and oxygen atoms in total. The number of carboxylic acid groups (broad SMARTS) is 2. The number of rotatable bonds is 6. The molecule has 0 bridgehead atoms. The van der Waals surface area contributed by atoms with E-state index in [-0.39, 0.29) is 54.5 Å². The summed E-state index contributed by atoms with van der Waals surface area (Å²) in [5.41, 5.74) is 0.931. The number of hydrogen-bond donors (Lipinski definition) is 0. The average Bonchev–Trinajstić information content (AvgIpc) is 2.33. The summed E-state index contributed by atoms with van der Waals surface area (Å²) in [5.74, 6) is -3.07. The molecule has 0 heterocycles. The van der Waals surface area contributed by atoms with E-state index in [1.807, 2.05) is 6.07 Å². The summed E-state index contributed by atoms with van der Waals surface area (Å²) in [7, 11) is 0. The van der Waals surface area contributed by atoms with Gasteiger partial charge >= 0.3 is 48.9 Å². The van der Waals surface area contributed by atoms with Crippen LogP contribution in [0.3, 0.4) is 0 Å². The van der Waals surface area contributed by atoms with Crippen LogP contribution in [-0.4, -0.2) is 60.8 Å². The van der Waals surface area contributed by atoms with Crippen molar-refractivity contribution in [3.8, 4) is 0 Å². The van der Waals surface area contributed by atoms with E-state index < -0.39 is 11.9 Å². The van der Waals surface area contributed by atoms with E-state index in [9.17, 15) is 19.8 Å². The van der Waals surface area contributed by atoms with E-state index in [4.69, 9.17) is 0 Å². The molecule has 0 radical (unpaired) electrons. The zero-order valence-corrected chi connectivity index (χ0v) is 15.3. The van der Waals surface area contributed by atoms with Crippen molar-refractivity contribution in [3.63, 3.8) is 0 Å². The van der Waals surface area contributed by atoms with Gasteiger partial charge in [0.25, 0.3) is 0 Å². The summed E-state index contributed by atoms with van der Waals surface area (Å²) in [6, 6.07) is 6.79. The van der Waals surface area contributed by atoms with Crippen LogP contribution in [0.5, 0.6) is 0 Å². The second kappa shape index (κ2) is 9.39. The molecule has 0 aliphatic heterocycles. The monoisotopic (exact) mass is 384 g/mol. The summed E-state index contributed by atoms with van der Waals surface area (Å²) in [6.45, 7) is 2.06. The quantitative estimate of drug-likeness (QED) is 0.491. The van der Waals surface area contributed by atoms with Crippen molar-refractivity contribution in [2.75, 3.05) is 0 Å². The minimum absolute atomic E-state index is 0. The molecule has 0 saturated heterocycles. The summed E-state index contributed by atoms with van der Waals surface area (Å²) in [4.78, 5) is 21.4. The van der Waals surface area contributed by atoms with Gasteiger partial charge in [-0.25, -0.2) is 0 Å². The predicted octanol–water partition coefficient (Wildman–Crippen LogP) is -0.468. The van der Waals surface area contributed by atoms with Crippen molar-refractivity contribution >= 4 is 66.4 Å². The molecular weight excluding hydrogens is 369 g/mol. The van der Waals surface area contributed by atoms with Crippen molar-refractivity contribution in [2.24, 2.45) is 0 Å². The van der Waals surface area contributed by atoms with E-state index in [1.54, 1.807) is 18.2 Å². The molecule has 0 atom stereocenters. The van der Waals surface area contributed by atoms with E-state index in [2.05, 4.69) is 6.92 Å². The van der Waals surface area contributed by atoms with Crippen LogP contribution in [0.1, 0.15) is 30.9 Å². The molecule has 1 rings (SSSR count). The molecule has 0 aromatic heterocycles. The Kier molecular flexibility index (Phi) is 9.13. The molecule has 0 aliphatic carbocycles. The van der Waals surface area contributed by atoms with Crippen molar-refractivity contribution in [2.45, 2.75) is 26.2 Å². The normalized spacial score (nSPS) is 10.7. The first-order valence-corrected chi connectivity index (χ1v) is 5.78. The Morgan fingerprint density at radius 2 is 1.95 bits per heavy atom. The molecule has 0 aliphatic rings. The first kappa shape index (κ1) is 18.5. The van der Waals surface area contributed by atoms with E-state index in [0.29, 0.717) is 11.6 Å². The van der Waals surface area contributed by atoms with Gasteiger partial charge in [-0.3, -0.25) is 0 Å². The van der Waals surface area contributed by atoms with Crippen LogP contribution in [-0.2, 0) is 16.0 Å². The molecule has 19 heavy (non-hydrogen) atoms. The fourth-order valence-corrected chi connectivity index (χ4v) is 1.65. The van der Waals surface area contributed by atoms with Crippen LogP contribution in [0.25, 0.3) is 5.57 Å². The fraction of sp³-hybridized carbons (Fsp3) is 0.286. The van der Waals surface area contributed by atoms with Gasteiger partial charge in [-0.1, -0.05) is 37.6 Å². The maximum atomic E-state index is 10.9. The number of carbonyl (C=O) groups is 2. The third-order valence-corrected chi connectivity index (χ3v) is 2.54. The van der Waals surface area contributed by atoms with Gasteiger partial charge in [0, 0.05) is 5.57 Å². The second-order valence-corrected chi connectivity index (χ2v) is 3.97. The Balaban J connectivity index is 0.00000324. The van der Waals surface area contributed by atoms with Gasteiger partial charge in [0.05, 0.1) is 11.9 Å². The smallest absolute Gasteiger partial charge is 0.545 e. The van der Waals surface area contributed by atoms with Crippen molar-refractivity contribution in [1.82, 2.24) is 0 Å². The third kappa shape index (κ3) is 6.45. The van der Waals surface area contributed by atoms with Crippen LogP contribution in [0, 0.1) is 0 Å². The summed E-state index contributed by atoms with van der Waals surface area (Å²) in [6.07, 6.45) is 3.41. The molecule has 0 fully saturated rings. The Morgan fingerprint density at radius 1 is 1.26 bits per heavy atom. The third-order valence-electron chi connectivity index (χ3n) is 2.54. The summed E-state index contributed by atoms with van der Waals surface area (Å²) >= 11 is 0. The molecule has 1 aromatic carbocycles. The first-order valence-electron chi connectivity index (χ1n) is 5.78. The van der Waals surface area contributed by atoms with Gasteiger partial charge in [-0.2, -0.15) is 0 Å². The van der Waals surface area contributed by atoms with Gasteiger partial charge in [-0.15, -0.1) is 0 Å². The van der Waals surface area contributed by atoms with Gasteiger partial charge < -0.3 is 19.8 Å². The number of carboxylic acids is 2. The zero-order valence-electron chi connectivity index (χ0n) is 10.8. The molecule has 0 N–H and O–H groups in total. The average molecular weight is 384 g/mol. The molecule has 0 spiro atoms. The largest absolute Gasteiger partial charge is 2.00 e. The number of carbonyl (C=O) groups excluding carboxylic acids is 2. The van der Waals surface area contributed by atoms with Crippen molar-refractivity contribution in [1.29, 1.82) is 0 Å². The standard InChI is InChI=1S/C14H16O4.Ba/c1-2-3-5-10-6-4-7-11(8-10)12(14(17)18)9-13(15)16;/h4,6-9H,2-3,5H2,1H3,(H,15,16)(H,17,18);/q;+2/p-2/b12-9-;. The molecule has 96 valence electrons. The number of unbranched alkanes of at least 4 members (excludes halogenated alkanes) is 1. The number of benzene rings is 1. The Bertz CT molecular complexity index is 480. The van der Waals surface area contributed by atoms with E-state index in [0.717, 1.165) is 24.8 Å². The van der Waals surface area contributed by atoms with Crippen LogP contribution < -0.4 is 10.2 Å². The number of aliphatic carboxylic acids is 2. The maximum absolute atomic E-state index is 10.9. The van der Waals surface area contributed by atoms with Crippen molar-refractivity contribution < 1.29 is 19.8 Å². The Hall–Kier alpha value is -0.529. The van der Waals surface area contributed by atoms with Gasteiger partial charge in [0.2, 0.25) is 0 Å². The molecule has 0 unspecified atom stereocenters. The minimum atomic E-state index is -1.55. The molecule has 0 saturated carbocycles. The first-order chi connectivity index (χ1) is 8.54. The molecule has 5 heteroatoms. The van der Waals surface area contributed by atoms with E-state index >= 15 is 0 Å². The van der Waals surface area contributed by atoms with Crippen LogP contribution in [0.2, 0.25) is 0 Å². The SMILES string of the molecule is CCCCc1cccc(/C(=C/C(=O)[O-])C(=O)[O-])c1.[Ba+2]. The summed E-state index contributed by atoms with van der Waals surface area (Å²) in [5, 5.41) is 21.4. The van der Waals surface area contributed by atoms with Crippen LogP contribution in [0.4, 0.5) is 0 Å². The van der Waals surface area contributed by atoms with Gasteiger partial charge in [0.1, 0.15) is 0 Å². The van der Waals surface area contributed by atoms with E-state index in [1.165, 1.54) is 0 Å². The van der Waals surface area contributed by atoms with Gasteiger partial charge in [0.15, 0.2) is 0 Å². The molecular formula is C14H14BaO4. The molecule has 0 amide bonds. The number of aryl methyl sites for hydroxylation is 1. The van der Waals surface area contributed by atoms with Crippen LogP contribution in [0.15, 0.2) is 30.3 Å². The summed E-state index contributed by atoms with van der Waals surface area (Å²) < 4.78 is 0. The minimum Gasteiger partial charge on any atom is -0.545 e. The van der Waals surface area contributed by atoms with Gasteiger partial charge in [-0.05, 0) is 30.0 Å². The second-order valence-electron chi connectivity index (χ2n) is 3.97. The molecule has 1 aromatic rings. The topological polar surface area (TPSA) is 80.3 Å². The van der Waals surface area contributed by atoms with Crippen LogP contribution >= 0.6 is 0 Å². The van der Waals surface area contributed by atoms with Crippen molar-refractivity contribution in [3.05, 3.63) is 41.5 Å². The Morgan fingerprint density at radius 3 is 2.47 bits per heavy atom. The fourth-order valence-electron chi connectivity index (χ4n) is 1.65. The Labute approximate surface area is 152 Å².